The SMILES string of the molecule is Cc1ccccc1NC(=O)NC(C(=O)N1CCN(C(=O)CC(C)CC(C)(C)C)C(C)C1)C(C)C. The molecule has 34 heavy (non-hydrogen) atoms. The highest BCUT2D eigenvalue weighted by atomic mass is 16.2. The van der Waals surface area contributed by atoms with Crippen LogP contribution in [0.5, 0.6) is 0 Å². The van der Waals surface area contributed by atoms with E-state index in [1.165, 1.54) is 0 Å². The van der Waals surface area contributed by atoms with Crippen molar-refractivity contribution in [1.29, 1.82) is 0 Å². The number of carbonyl (C=O) groups is 3. The van der Waals surface area contributed by atoms with Crippen molar-refractivity contribution in [3.8, 4) is 0 Å². The van der Waals surface area contributed by atoms with Gasteiger partial charge in [0, 0.05) is 37.8 Å². The van der Waals surface area contributed by atoms with Crippen LogP contribution in [0.1, 0.15) is 66.9 Å². The maximum absolute atomic E-state index is 13.3. The molecule has 2 N–H and O–H groups in total. The van der Waals surface area contributed by atoms with E-state index in [4.69, 9.17) is 0 Å². The van der Waals surface area contributed by atoms with Gasteiger partial charge in [0.2, 0.25) is 11.8 Å². The summed E-state index contributed by atoms with van der Waals surface area (Å²) in [7, 11) is 0. The normalized spacial score (nSPS) is 18.4. The lowest BCUT2D eigenvalue weighted by Gasteiger charge is -2.42. The predicted molar refractivity (Wildman–Crippen MR) is 138 cm³/mol. The van der Waals surface area contributed by atoms with E-state index < -0.39 is 12.1 Å². The van der Waals surface area contributed by atoms with Gasteiger partial charge in [-0.15, -0.1) is 0 Å². The maximum atomic E-state index is 13.3. The molecular weight excluding hydrogens is 428 g/mol. The molecule has 7 heteroatoms. The van der Waals surface area contributed by atoms with Crippen LogP contribution in [0.3, 0.4) is 0 Å². The molecule has 1 aliphatic heterocycles. The number of benzene rings is 1. The second-order valence-electron chi connectivity index (χ2n) is 11.4. The Morgan fingerprint density at radius 2 is 1.74 bits per heavy atom. The third-order valence-electron chi connectivity index (χ3n) is 6.36. The molecule has 0 saturated carbocycles. The van der Waals surface area contributed by atoms with Crippen molar-refractivity contribution in [3.05, 3.63) is 29.8 Å². The average Bonchev–Trinajstić information content (AvgIpc) is 2.71. The Kier molecular flexibility index (Phi) is 9.54. The summed E-state index contributed by atoms with van der Waals surface area (Å²) in [4.78, 5) is 42.6. The van der Waals surface area contributed by atoms with Crippen molar-refractivity contribution in [2.45, 2.75) is 80.3 Å². The maximum Gasteiger partial charge on any atom is 0.319 e. The topological polar surface area (TPSA) is 81.8 Å². The summed E-state index contributed by atoms with van der Waals surface area (Å²) in [5.74, 6) is 0.312. The van der Waals surface area contributed by atoms with Crippen molar-refractivity contribution in [2.75, 3.05) is 25.0 Å². The molecule has 1 aromatic rings. The highest BCUT2D eigenvalue weighted by Crippen LogP contribution is 2.27. The van der Waals surface area contributed by atoms with Gasteiger partial charge in [0.15, 0.2) is 0 Å². The van der Waals surface area contributed by atoms with Gasteiger partial charge in [-0.1, -0.05) is 59.7 Å². The zero-order valence-electron chi connectivity index (χ0n) is 22.3. The molecule has 1 aromatic carbocycles. The monoisotopic (exact) mass is 472 g/mol. The summed E-state index contributed by atoms with van der Waals surface area (Å²) in [5, 5.41) is 5.71. The summed E-state index contributed by atoms with van der Waals surface area (Å²) in [6.07, 6.45) is 1.53. The van der Waals surface area contributed by atoms with Crippen LogP contribution in [0.2, 0.25) is 0 Å². The van der Waals surface area contributed by atoms with Crippen LogP contribution >= 0.6 is 0 Å². The Morgan fingerprint density at radius 3 is 2.29 bits per heavy atom. The number of hydrogen-bond acceptors (Lipinski definition) is 3. The summed E-state index contributed by atoms with van der Waals surface area (Å²) in [6.45, 7) is 18.0. The molecule has 3 atom stereocenters. The number of anilines is 1. The lowest BCUT2D eigenvalue weighted by molar-refractivity contribution is -0.144. The molecule has 190 valence electrons. The van der Waals surface area contributed by atoms with E-state index in [1.54, 1.807) is 4.90 Å². The van der Waals surface area contributed by atoms with Crippen molar-refractivity contribution < 1.29 is 14.4 Å². The first-order valence-electron chi connectivity index (χ1n) is 12.5. The first-order chi connectivity index (χ1) is 15.8. The number of piperazine rings is 1. The number of urea groups is 1. The third kappa shape index (κ3) is 8.03. The fraction of sp³-hybridized carbons (Fsp3) is 0.667. The molecular formula is C27H44N4O3. The fourth-order valence-electron chi connectivity index (χ4n) is 4.78. The molecule has 1 heterocycles. The van der Waals surface area contributed by atoms with Crippen molar-refractivity contribution >= 4 is 23.5 Å². The predicted octanol–water partition coefficient (Wildman–Crippen LogP) is 4.66. The third-order valence-corrected chi connectivity index (χ3v) is 6.36. The Bertz CT molecular complexity index is 862. The van der Waals surface area contributed by atoms with Gasteiger partial charge in [0.1, 0.15) is 6.04 Å². The van der Waals surface area contributed by atoms with E-state index >= 15 is 0 Å². The van der Waals surface area contributed by atoms with E-state index in [-0.39, 0.29) is 29.2 Å². The van der Waals surface area contributed by atoms with E-state index in [0.29, 0.717) is 32.0 Å². The average molecular weight is 473 g/mol. The number of para-hydroxylation sites is 1. The molecule has 2 rings (SSSR count). The van der Waals surface area contributed by atoms with Crippen LogP contribution in [-0.2, 0) is 9.59 Å². The molecule has 0 aromatic heterocycles. The van der Waals surface area contributed by atoms with E-state index in [0.717, 1.165) is 17.7 Å². The van der Waals surface area contributed by atoms with Gasteiger partial charge in [-0.05, 0) is 49.1 Å². The standard InChI is InChI=1S/C27H44N4O3/c1-18(2)24(29-26(34)28-22-12-10-9-11-20(22)4)25(33)30-13-14-31(21(5)17-30)23(32)15-19(3)16-27(6,7)8/h9-12,18-19,21,24H,13-17H2,1-8H3,(H2,28,29,34). The van der Waals surface area contributed by atoms with E-state index in [9.17, 15) is 14.4 Å². The van der Waals surface area contributed by atoms with Crippen LogP contribution < -0.4 is 10.6 Å². The fourth-order valence-corrected chi connectivity index (χ4v) is 4.78. The number of nitrogens with one attached hydrogen (secondary N) is 2. The minimum atomic E-state index is -0.634. The molecule has 7 nitrogen and oxygen atoms in total. The van der Waals surface area contributed by atoms with Gasteiger partial charge in [0.25, 0.3) is 0 Å². The summed E-state index contributed by atoms with van der Waals surface area (Å²) in [6, 6.07) is 6.45. The van der Waals surface area contributed by atoms with Crippen LogP contribution in [-0.4, -0.2) is 59.4 Å². The zero-order chi connectivity index (χ0) is 25.6. The quantitative estimate of drug-likeness (QED) is 0.605. The van der Waals surface area contributed by atoms with E-state index in [1.807, 2.05) is 56.9 Å². The Hall–Kier alpha value is -2.57. The van der Waals surface area contributed by atoms with Gasteiger partial charge in [0.05, 0.1) is 0 Å². The zero-order valence-corrected chi connectivity index (χ0v) is 22.3. The molecule has 1 fully saturated rings. The number of rotatable bonds is 7. The van der Waals surface area contributed by atoms with Crippen LogP contribution in [0.4, 0.5) is 10.5 Å². The molecule has 0 radical (unpaired) electrons. The largest absolute Gasteiger partial charge is 0.337 e. The van der Waals surface area contributed by atoms with Crippen LogP contribution in [0.15, 0.2) is 24.3 Å². The summed E-state index contributed by atoms with van der Waals surface area (Å²) >= 11 is 0. The Labute approximate surface area is 205 Å². The molecule has 3 unspecified atom stereocenters. The van der Waals surface area contributed by atoms with Gasteiger partial charge in [-0.3, -0.25) is 9.59 Å². The summed E-state index contributed by atoms with van der Waals surface area (Å²) < 4.78 is 0. The van der Waals surface area contributed by atoms with Gasteiger partial charge >= 0.3 is 6.03 Å². The molecule has 0 spiro atoms. The summed E-state index contributed by atoms with van der Waals surface area (Å²) in [5.41, 5.74) is 1.87. The number of hydrogen-bond donors (Lipinski definition) is 2. The van der Waals surface area contributed by atoms with Gasteiger partial charge in [-0.25, -0.2) is 4.79 Å². The smallest absolute Gasteiger partial charge is 0.319 e. The first kappa shape index (κ1) is 27.7. The van der Waals surface area contributed by atoms with Gasteiger partial charge in [-0.2, -0.15) is 0 Å². The molecule has 1 aliphatic rings. The lowest BCUT2D eigenvalue weighted by Crippen LogP contribution is -2.60. The Morgan fingerprint density at radius 1 is 1.09 bits per heavy atom. The van der Waals surface area contributed by atoms with Gasteiger partial charge < -0.3 is 20.4 Å². The molecule has 0 bridgehead atoms. The van der Waals surface area contributed by atoms with Crippen molar-refractivity contribution in [3.63, 3.8) is 0 Å². The van der Waals surface area contributed by atoms with Crippen molar-refractivity contribution in [1.82, 2.24) is 15.1 Å². The minimum Gasteiger partial charge on any atom is -0.337 e. The van der Waals surface area contributed by atoms with Crippen molar-refractivity contribution in [2.24, 2.45) is 17.3 Å². The minimum absolute atomic E-state index is 0.0550. The second kappa shape index (κ2) is 11.7. The Balaban J connectivity index is 1.96. The number of amides is 4. The lowest BCUT2D eigenvalue weighted by atomic mass is 9.84. The molecule has 1 saturated heterocycles. The second-order valence-corrected chi connectivity index (χ2v) is 11.4. The molecule has 4 amide bonds. The van der Waals surface area contributed by atoms with Crippen LogP contribution in [0, 0.1) is 24.2 Å². The highest BCUT2D eigenvalue weighted by molar-refractivity contribution is 5.94. The first-order valence-corrected chi connectivity index (χ1v) is 12.5. The number of nitrogens with zero attached hydrogens (tertiary/aromatic N) is 2. The highest BCUT2D eigenvalue weighted by Gasteiger charge is 2.35. The number of aryl methyl sites for hydroxylation is 1. The number of carbonyl (C=O) groups excluding carboxylic acids is 3. The van der Waals surface area contributed by atoms with Crippen LogP contribution in [0.25, 0.3) is 0 Å². The molecule has 0 aliphatic carbocycles. The van der Waals surface area contributed by atoms with E-state index in [2.05, 4.69) is 38.3 Å².